The van der Waals surface area contributed by atoms with Gasteiger partial charge in [-0.1, -0.05) is 42.5 Å². The Morgan fingerprint density at radius 1 is 0.955 bits per heavy atom. The van der Waals surface area contributed by atoms with Gasteiger partial charge in [0.25, 0.3) is 0 Å². The Balaban J connectivity index is 1.80. The van der Waals surface area contributed by atoms with E-state index in [1.165, 1.54) is 0 Å². The van der Waals surface area contributed by atoms with E-state index in [-0.39, 0.29) is 0 Å². The molecule has 2 aromatic carbocycles. The average Bonchev–Trinajstić information content (AvgIpc) is 2.54. The standard InChI is InChI=1S/C19H18N2O/c1-14-12-20-19(15(2)21-14)17-9-6-10-18(11-17)22-13-16-7-4-3-5-8-16/h3-12H,13H2,1-2H3. The third kappa shape index (κ3) is 3.31. The smallest absolute Gasteiger partial charge is 0.120 e. The number of rotatable bonds is 4. The SMILES string of the molecule is Cc1cnc(-c2cccc(OCc3ccccc3)c2)c(C)n1. The van der Waals surface area contributed by atoms with Crippen LogP contribution in [0.2, 0.25) is 0 Å². The molecule has 0 saturated heterocycles. The van der Waals surface area contributed by atoms with E-state index < -0.39 is 0 Å². The maximum absolute atomic E-state index is 5.87. The molecule has 0 saturated carbocycles. The lowest BCUT2D eigenvalue weighted by molar-refractivity contribution is 0.306. The lowest BCUT2D eigenvalue weighted by Crippen LogP contribution is -1.97. The van der Waals surface area contributed by atoms with E-state index in [9.17, 15) is 0 Å². The van der Waals surface area contributed by atoms with Gasteiger partial charge in [0, 0.05) is 11.8 Å². The van der Waals surface area contributed by atoms with Gasteiger partial charge in [0.1, 0.15) is 12.4 Å². The zero-order chi connectivity index (χ0) is 15.4. The maximum Gasteiger partial charge on any atom is 0.120 e. The number of nitrogens with zero attached hydrogens (tertiary/aromatic N) is 2. The average molecular weight is 290 g/mol. The molecule has 0 atom stereocenters. The van der Waals surface area contributed by atoms with Gasteiger partial charge in [-0.05, 0) is 31.5 Å². The monoisotopic (exact) mass is 290 g/mol. The Hall–Kier alpha value is -2.68. The molecular weight excluding hydrogens is 272 g/mol. The summed E-state index contributed by atoms with van der Waals surface area (Å²) in [4.78, 5) is 8.96. The first-order chi connectivity index (χ1) is 10.7. The zero-order valence-corrected chi connectivity index (χ0v) is 12.8. The van der Waals surface area contributed by atoms with Crippen molar-refractivity contribution in [3.63, 3.8) is 0 Å². The highest BCUT2D eigenvalue weighted by Crippen LogP contribution is 2.24. The van der Waals surface area contributed by atoms with E-state index >= 15 is 0 Å². The van der Waals surface area contributed by atoms with Crippen LogP contribution in [0.5, 0.6) is 5.75 Å². The molecule has 0 aliphatic carbocycles. The molecule has 0 bridgehead atoms. The van der Waals surface area contributed by atoms with Crippen LogP contribution in [0.4, 0.5) is 0 Å². The highest BCUT2D eigenvalue weighted by molar-refractivity contribution is 5.63. The molecule has 3 aromatic rings. The van der Waals surface area contributed by atoms with Crippen molar-refractivity contribution in [2.45, 2.75) is 20.5 Å². The van der Waals surface area contributed by atoms with Crippen LogP contribution in [0.3, 0.4) is 0 Å². The number of hydrogen-bond donors (Lipinski definition) is 0. The number of aryl methyl sites for hydroxylation is 2. The van der Waals surface area contributed by atoms with Gasteiger partial charge in [0.15, 0.2) is 0 Å². The molecule has 0 aliphatic heterocycles. The van der Waals surface area contributed by atoms with Crippen molar-refractivity contribution in [3.8, 4) is 17.0 Å². The Morgan fingerprint density at radius 2 is 1.77 bits per heavy atom. The first-order valence-electron chi connectivity index (χ1n) is 7.30. The minimum absolute atomic E-state index is 0.558. The summed E-state index contributed by atoms with van der Waals surface area (Å²) in [6.07, 6.45) is 1.79. The van der Waals surface area contributed by atoms with E-state index in [1.54, 1.807) is 6.20 Å². The second kappa shape index (κ2) is 6.39. The summed E-state index contributed by atoms with van der Waals surface area (Å²) in [6.45, 7) is 4.48. The normalized spacial score (nSPS) is 10.5. The highest BCUT2D eigenvalue weighted by Gasteiger charge is 2.06. The third-order valence-electron chi connectivity index (χ3n) is 3.42. The van der Waals surface area contributed by atoms with Crippen LogP contribution in [0.1, 0.15) is 17.0 Å². The lowest BCUT2D eigenvalue weighted by atomic mass is 10.1. The van der Waals surface area contributed by atoms with Gasteiger partial charge in [-0.2, -0.15) is 0 Å². The van der Waals surface area contributed by atoms with Crippen LogP contribution >= 0.6 is 0 Å². The molecule has 1 aromatic heterocycles. The van der Waals surface area contributed by atoms with Gasteiger partial charge in [-0.3, -0.25) is 9.97 Å². The van der Waals surface area contributed by atoms with Gasteiger partial charge in [-0.25, -0.2) is 0 Å². The molecule has 0 amide bonds. The summed E-state index contributed by atoms with van der Waals surface area (Å²) in [5.41, 5.74) is 4.93. The Morgan fingerprint density at radius 3 is 2.55 bits per heavy atom. The van der Waals surface area contributed by atoms with E-state index in [0.29, 0.717) is 6.61 Å². The fourth-order valence-electron chi connectivity index (χ4n) is 2.36. The van der Waals surface area contributed by atoms with Crippen LogP contribution in [-0.4, -0.2) is 9.97 Å². The van der Waals surface area contributed by atoms with Crippen LogP contribution in [0.15, 0.2) is 60.8 Å². The molecule has 0 aliphatic rings. The maximum atomic E-state index is 5.87. The van der Waals surface area contributed by atoms with Crippen molar-refractivity contribution >= 4 is 0 Å². The zero-order valence-electron chi connectivity index (χ0n) is 12.8. The molecule has 0 radical (unpaired) electrons. The van der Waals surface area contributed by atoms with Crippen LogP contribution < -0.4 is 4.74 Å². The molecule has 1 heterocycles. The minimum atomic E-state index is 0.558. The number of hydrogen-bond acceptors (Lipinski definition) is 3. The number of ether oxygens (including phenoxy) is 1. The van der Waals surface area contributed by atoms with E-state index in [0.717, 1.165) is 34.0 Å². The van der Waals surface area contributed by atoms with Crippen molar-refractivity contribution in [2.75, 3.05) is 0 Å². The first-order valence-corrected chi connectivity index (χ1v) is 7.30. The summed E-state index contributed by atoms with van der Waals surface area (Å²) in [6, 6.07) is 18.1. The second-order valence-corrected chi connectivity index (χ2v) is 5.25. The van der Waals surface area contributed by atoms with E-state index in [2.05, 4.69) is 22.1 Å². The van der Waals surface area contributed by atoms with E-state index in [1.807, 2.05) is 56.3 Å². The van der Waals surface area contributed by atoms with Crippen LogP contribution in [0, 0.1) is 13.8 Å². The van der Waals surface area contributed by atoms with Gasteiger partial charge in [-0.15, -0.1) is 0 Å². The Labute approximate surface area is 130 Å². The lowest BCUT2D eigenvalue weighted by Gasteiger charge is -2.09. The Bertz CT molecular complexity index is 769. The fraction of sp³-hybridized carbons (Fsp3) is 0.158. The third-order valence-corrected chi connectivity index (χ3v) is 3.42. The topological polar surface area (TPSA) is 35.0 Å². The van der Waals surface area contributed by atoms with Crippen molar-refractivity contribution in [1.82, 2.24) is 9.97 Å². The summed E-state index contributed by atoms with van der Waals surface area (Å²) < 4.78 is 5.87. The Kier molecular flexibility index (Phi) is 4.15. The van der Waals surface area contributed by atoms with E-state index in [4.69, 9.17) is 4.74 Å². The molecule has 22 heavy (non-hydrogen) atoms. The molecule has 110 valence electrons. The molecule has 0 N–H and O–H groups in total. The second-order valence-electron chi connectivity index (χ2n) is 5.25. The molecular formula is C19H18N2O. The van der Waals surface area contributed by atoms with Crippen molar-refractivity contribution in [3.05, 3.63) is 77.7 Å². The van der Waals surface area contributed by atoms with Gasteiger partial charge in [0.2, 0.25) is 0 Å². The van der Waals surface area contributed by atoms with Crippen LogP contribution in [-0.2, 0) is 6.61 Å². The molecule has 3 nitrogen and oxygen atoms in total. The van der Waals surface area contributed by atoms with Gasteiger partial charge < -0.3 is 4.74 Å². The molecule has 3 heteroatoms. The largest absolute Gasteiger partial charge is 0.489 e. The minimum Gasteiger partial charge on any atom is -0.489 e. The highest BCUT2D eigenvalue weighted by atomic mass is 16.5. The molecule has 3 rings (SSSR count). The van der Waals surface area contributed by atoms with Gasteiger partial charge >= 0.3 is 0 Å². The van der Waals surface area contributed by atoms with Crippen LogP contribution in [0.25, 0.3) is 11.3 Å². The quantitative estimate of drug-likeness (QED) is 0.717. The number of aromatic nitrogens is 2. The predicted molar refractivity (Wildman–Crippen MR) is 87.7 cm³/mol. The summed E-state index contributed by atoms with van der Waals surface area (Å²) >= 11 is 0. The summed E-state index contributed by atoms with van der Waals surface area (Å²) in [5.74, 6) is 0.836. The summed E-state index contributed by atoms with van der Waals surface area (Å²) in [5, 5.41) is 0. The predicted octanol–water partition coefficient (Wildman–Crippen LogP) is 4.34. The van der Waals surface area contributed by atoms with Gasteiger partial charge in [0.05, 0.1) is 17.1 Å². The van der Waals surface area contributed by atoms with Crippen molar-refractivity contribution < 1.29 is 4.74 Å². The summed E-state index contributed by atoms with van der Waals surface area (Å²) in [7, 11) is 0. The molecule has 0 unspecified atom stereocenters. The molecule has 0 fully saturated rings. The fourth-order valence-corrected chi connectivity index (χ4v) is 2.36. The number of benzene rings is 2. The molecule has 0 spiro atoms. The van der Waals surface area contributed by atoms with Crippen molar-refractivity contribution in [2.24, 2.45) is 0 Å². The first kappa shape index (κ1) is 14.3. The van der Waals surface area contributed by atoms with Crippen molar-refractivity contribution in [1.29, 1.82) is 0 Å².